The number of benzene rings is 1. The number of carbonyl (C=O) groups excluding carboxylic acids is 1. The Morgan fingerprint density at radius 2 is 2.10 bits per heavy atom. The number of aryl methyl sites for hydroxylation is 1. The SMILES string of the molecule is Cc1cc(N)cc(C(=O)c2c[nH]c3ncc(Br)cc23)c1F. The topological polar surface area (TPSA) is 71.8 Å². The average molecular weight is 348 g/mol. The number of hydrogen-bond acceptors (Lipinski definition) is 3. The van der Waals surface area contributed by atoms with Crippen LogP contribution in [-0.4, -0.2) is 15.8 Å². The van der Waals surface area contributed by atoms with E-state index in [0.717, 1.165) is 4.47 Å². The lowest BCUT2D eigenvalue weighted by Gasteiger charge is -2.06. The molecule has 0 bridgehead atoms. The van der Waals surface area contributed by atoms with E-state index < -0.39 is 11.6 Å². The van der Waals surface area contributed by atoms with Crippen LogP contribution in [0.5, 0.6) is 0 Å². The molecule has 0 unspecified atom stereocenters. The molecule has 2 heterocycles. The number of carbonyl (C=O) groups is 1. The Kier molecular flexibility index (Phi) is 3.25. The summed E-state index contributed by atoms with van der Waals surface area (Å²) in [7, 11) is 0. The summed E-state index contributed by atoms with van der Waals surface area (Å²) >= 11 is 3.31. The standard InChI is InChI=1S/C15H11BrFN3O/c1-7-2-9(18)4-11(13(7)17)14(21)12-6-20-15-10(12)3-8(16)5-19-15/h2-6H,18H2,1H3,(H,19,20). The highest BCUT2D eigenvalue weighted by Crippen LogP contribution is 2.25. The van der Waals surface area contributed by atoms with E-state index in [4.69, 9.17) is 5.73 Å². The maximum atomic E-state index is 14.2. The summed E-state index contributed by atoms with van der Waals surface area (Å²) in [6, 6.07) is 4.62. The maximum absolute atomic E-state index is 14.2. The second-order valence-corrected chi connectivity index (χ2v) is 5.70. The molecule has 21 heavy (non-hydrogen) atoms. The van der Waals surface area contributed by atoms with Crippen molar-refractivity contribution in [3.8, 4) is 0 Å². The highest BCUT2D eigenvalue weighted by molar-refractivity contribution is 9.10. The highest BCUT2D eigenvalue weighted by Gasteiger charge is 2.20. The van der Waals surface area contributed by atoms with Gasteiger partial charge in [-0.1, -0.05) is 0 Å². The van der Waals surface area contributed by atoms with E-state index in [9.17, 15) is 9.18 Å². The van der Waals surface area contributed by atoms with Crippen molar-refractivity contribution in [3.63, 3.8) is 0 Å². The summed E-state index contributed by atoms with van der Waals surface area (Å²) in [5.74, 6) is -0.972. The van der Waals surface area contributed by atoms with E-state index in [1.54, 1.807) is 19.2 Å². The Morgan fingerprint density at radius 1 is 1.33 bits per heavy atom. The highest BCUT2D eigenvalue weighted by atomic mass is 79.9. The molecule has 3 rings (SSSR count). The van der Waals surface area contributed by atoms with E-state index in [1.807, 2.05) is 0 Å². The average Bonchev–Trinajstić information content (AvgIpc) is 2.85. The van der Waals surface area contributed by atoms with Crippen LogP contribution in [0.25, 0.3) is 11.0 Å². The maximum Gasteiger partial charge on any atom is 0.198 e. The second kappa shape index (κ2) is 4.96. The molecule has 0 radical (unpaired) electrons. The number of ketones is 1. The first-order chi connectivity index (χ1) is 9.97. The quantitative estimate of drug-likeness (QED) is 0.549. The van der Waals surface area contributed by atoms with Gasteiger partial charge in [0.1, 0.15) is 11.5 Å². The van der Waals surface area contributed by atoms with Gasteiger partial charge in [0.2, 0.25) is 0 Å². The molecule has 0 atom stereocenters. The summed E-state index contributed by atoms with van der Waals surface area (Å²) in [5, 5.41) is 0.633. The molecule has 4 nitrogen and oxygen atoms in total. The van der Waals surface area contributed by atoms with Gasteiger partial charge in [0.15, 0.2) is 5.78 Å². The zero-order valence-corrected chi connectivity index (χ0v) is 12.7. The molecule has 6 heteroatoms. The first-order valence-electron chi connectivity index (χ1n) is 6.20. The van der Waals surface area contributed by atoms with Gasteiger partial charge in [0, 0.05) is 33.5 Å². The number of nitrogen functional groups attached to an aromatic ring is 1. The third-order valence-corrected chi connectivity index (χ3v) is 3.70. The summed E-state index contributed by atoms with van der Waals surface area (Å²) in [5.41, 5.74) is 7.31. The number of hydrogen-bond donors (Lipinski definition) is 2. The van der Waals surface area contributed by atoms with Gasteiger partial charge in [-0.2, -0.15) is 0 Å². The normalized spacial score (nSPS) is 11.0. The Labute approximate surface area is 128 Å². The van der Waals surface area contributed by atoms with Crippen LogP contribution in [0.2, 0.25) is 0 Å². The lowest BCUT2D eigenvalue weighted by Crippen LogP contribution is -2.06. The minimum atomic E-state index is -0.550. The van der Waals surface area contributed by atoms with Crippen molar-refractivity contribution in [2.45, 2.75) is 6.92 Å². The van der Waals surface area contributed by atoms with Crippen LogP contribution in [0.1, 0.15) is 21.5 Å². The van der Waals surface area contributed by atoms with Gasteiger partial charge >= 0.3 is 0 Å². The van der Waals surface area contributed by atoms with E-state index in [2.05, 4.69) is 25.9 Å². The van der Waals surface area contributed by atoms with Crippen LogP contribution in [0.3, 0.4) is 0 Å². The van der Waals surface area contributed by atoms with E-state index in [-0.39, 0.29) is 5.56 Å². The van der Waals surface area contributed by atoms with Gasteiger partial charge in [-0.3, -0.25) is 4.79 Å². The molecule has 3 aromatic rings. The number of pyridine rings is 1. The number of nitrogens with two attached hydrogens (primary N) is 1. The molecule has 1 aromatic carbocycles. The van der Waals surface area contributed by atoms with Crippen molar-refractivity contribution in [2.75, 3.05) is 5.73 Å². The lowest BCUT2D eigenvalue weighted by molar-refractivity contribution is 0.103. The molecule has 0 fully saturated rings. The van der Waals surface area contributed by atoms with Gasteiger partial charge in [-0.15, -0.1) is 0 Å². The molecule has 0 aliphatic carbocycles. The Bertz CT molecular complexity index is 873. The number of H-pyrrole nitrogens is 1. The second-order valence-electron chi connectivity index (χ2n) is 4.78. The lowest BCUT2D eigenvalue weighted by atomic mass is 10.00. The third kappa shape index (κ3) is 2.31. The number of nitrogens with one attached hydrogen (secondary N) is 1. The molecule has 0 spiro atoms. The smallest absolute Gasteiger partial charge is 0.198 e. The number of aromatic amines is 1. The van der Waals surface area contributed by atoms with Gasteiger partial charge in [-0.25, -0.2) is 9.37 Å². The Morgan fingerprint density at radius 3 is 2.86 bits per heavy atom. The van der Waals surface area contributed by atoms with Crippen molar-refractivity contribution in [2.24, 2.45) is 0 Å². The Hall–Kier alpha value is -2.21. The van der Waals surface area contributed by atoms with E-state index in [1.165, 1.54) is 18.3 Å². The van der Waals surface area contributed by atoms with Gasteiger partial charge in [-0.05, 0) is 46.6 Å². The van der Waals surface area contributed by atoms with Crippen LogP contribution in [-0.2, 0) is 0 Å². The first kappa shape index (κ1) is 13.8. The number of nitrogens with zero attached hydrogens (tertiary/aromatic N) is 1. The fourth-order valence-electron chi connectivity index (χ4n) is 2.27. The summed E-state index contributed by atoms with van der Waals surface area (Å²) in [6.07, 6.45) is 3.16. The van der Waals surface area contributed by atoms with E-state index in [0.29, 0.717) is 27.8 Å². The zero-order chi connectivity index (χ0) is 15.1. The molecular weight excluding hydrogens is 337 g/mol. The van der Waals surface area contributed by atoms with Crippen molar-refractivity contribution in [1.82, 2.24) is 9.97 Å². The van der Waals surface area contributed by atoms with Crippen molar-refractivity contribution < 1.29 is 9.18 Å². The number of aromatic nitrogens is 2. The van der Waals surface area contributed by atoms with Gasteiger partial charge < -0.3 is 10.7 Å². The molecular formula is C15H11BrFN3O. The monoisotopic (exact) mass is 347 g/mol. The molecule has 0 saturated heterocycles. The fourth-order valence-corrected chi connectivity index (χ4v) is 2.60. The minimum absolute atomic E-state index is 0.0339. The van der Waals surface area contributed by atoms with E-state index >= 15 is 0 Å². The van der Waals surface area contributed by atoms with Crippen molar-refractivity contribution in [3.05, 3.63) is 57.6 Å². The third-order valence-electron chi connectivity index (χ3n) is 3.26. The molecule has 0 amide bonds. The van der Waals surface area contributed by atoms with Crippen LogP contribution >= 0.6 is 15.9 Å². The number of fused-ring (bicyclic) bond motifs is 1. The number of anilines is 1. The van der Waals surface area contributed by atoms with Gasteiger partial charge in [0.25, 0.3) is 0 Å². The fraction of sp³-hybridized carbons (Fsp3) is 0.0667. The number of halogens is 2. The van der Waals surface area contributed by atoms with Crippen LogP contribution in [0, 0.1) is 12.7 Å². The summed E-state index contributed by atoms with van der Waals surface area (Å²) < 4.78 is 14.9. The molecule has 106 valence electrons. The summed E-state index contributed by atoms with van der Waals surface area (Å²) in [6.45, 7) is 1.58. The Balaban J connectivity index is 2.19. The van der Waals surface area contributed by atoms with Crippen molar-refractivity contribution in [1.29, 1.82) is 0 Å². The molecule has 2 aromatic heterocycles. The number of rotatable bonds is 2. The van der Waals surface area contributed by atoms with Crippen LogP contribution in [0.15, 0.2) is 35.1 Å². The van der Waals surface area contributed by atoms with Crippen molar-refractivity contribution >= 4 is 38.4 Å². The van der Waals surface area contributed by atoms with Crippen LogP contribution in [0.4, 0.5) is 10.1 Å². The zero-order valence-electron chi connectivity index (χ0n) is 11.1. The first-order valence-corrected chi connectivity index (χ1v) is 6.99. The van der Waals surface area contributed by atoms with Crippen LogP contribution < -0.4 is 5.73 Å². The molecule has 3 N–H and O–H groups in total. The minimum Gasteiger partial charge on any atom is -0.399 e. The van der Waals surface area contributed by atoms with Gasteiger partial charge in [0.05, 0.1) is 5.56 Å². The predicted octanol–water partition coefficient (Wildman–Crippen LogP) is 3.59. The predicted molar refractivity (Wildman–Crippen MR) is 82.8 cm³/mol. The molecule has 0 aliphatic heterocycles. The molecule has 0 aliphatic rings. The summed E-state index contributed by atoms with van der Waals surface area (Å²) in [4.78, 5) is 19.7. The largest absolute Gasteiger partial charge is 0.399 e. The molecule has 0 saturated carbocycles.